The number of hydrogen-bond donors (Lipinski definition) is 2. The van der Waals surface area contributed by atoms with Crippen molar-refractivity contribution < 1.29 is 4.74 Å². The van der Waals surface area contributed by atoms with Crippen LogP contribution in [-0.4, -0.2) is 31.6 Å². The Labute approximate surface area is 142 Å². The van der Waals surface area contributed by atoms with Crippen LogP contribution in [0.1, 0.15) is 23.7 Å². The number of fused-ring (bicyclic) bond motifs is 1. The molecule has 3 N–H and O–H groups in total. The van der Waals surface area contributed by atoms with Crippen LogP contribution in [0.5, 0.6) is 5.75 Å². The van der Waals surface area contributed by atoms with Crippen LogP contribution in [0.2, 0.25) is 0 Å². The summed E-state index contributed by atoms with van der Waals surface area (Å²) in [5.41, 5.74) is 9.16. The SMILES string of the molecule is CN(C)c1cccnc1CN=C(N)NC1CCOc2ccccc21. The van der Waals surface area contributed by atoms with Gasteiger partial charge in [-0.15, -0.1) is 0 Å². The molecule has 126 valence electrons. The molecule has 1 aliphatic rings. The van der Waals surface area contributed by atoms with E-state index in [1.165, 1.54) is 0 Å². The number of nitrogens with zero attached hydrogens (tertiary/aromatic N) is 3. The molecule has 0 bridgehead atoms. The Morgan fingerprint density at radius 3 is 3.00 bits per heavy atom. The highest BCUT2D eigenvalue weighted by molar-refractivity contribution is 5.78. The van der Waals surface area contributed by atoms with E-state index in [2.05, 4.69) is 21.4 Å². The van der Waals surface area contributed by atoms with Crippen molar-refractivity contribution in [2.24, 2.45) is 10.7 Å². The maximum absolute atomic E-state index is 6.09. The van der Waals surface area contributed by atoms with E-state index in [0.29, 0.717) is 19.1 Å². The van der Waals surface area contributed by atoms with Crippen molar-refractivity contribution in [1.82, 2.24) is 10.3 Å². The first-order valence-corrected chi connectivity index (χ1v) is 8.04. The first-order chi connectivity index (χ1) is 11.6. The van der Waals surface area contributed by atoms with Gasteiger partial charge in [0.25, 0.3) is 0 Å². The Hall–Kier alpha value is -2.76. The van der Waals surface area contributed by atoms with E-state index in [9.17, 15) is 0 Å². The Bertz CT molecular complexity index is 729. The predicted molar refractivity (Wildman–Crippen MR) is 96.3 cm³/mol. The van der Waals surface area contributed by atoms with Crippen LogP contribution >= 0.6 is 0 Å². The fraction of sp³-hybridized carbons (Fsp3) is 0.333. The van der Waals surface area contributed by atoms with E-state index in [0.717, 1.165) is 29.1 Å². The average molecular weight is 325 g/mol. The molecule has 1 unspecified atom stereocenters. The number of aromatic nitrogens is 1. The molecule has 0 spiro atoms. The number of para-hydroxylation sites is 1. The summed E-state index contributed by atoms with van der Waals surface area (Å²) in [5.74, 6) is 1.33. The lowest BCUT2D eigenvalue weighted by Crippen LogP contribution is -2.37. The number of benzene rings is 1. The van der Waals surface area contributed by atoms with E-state index in [1.807, 2.05) is 49.3 Å². The lowest BCUT2D eigenvalue weighted by Gasteiger charge is -2.27. The molecule has 0 saturated heterocycles. The Kier molecular flexibility index (Phi) is 4.84. The molecule has 0 saturated carbocycles. The summed E-state index contributed by atoms with van der Waals surface area (Å²) in [4.78, 5) is 10.9. The van der Waals surface area contributed by atoms with Crippen LogP contribution in [-0.2, 0) is 6.54 Å². The minimum atomic E-state index is 0.121. The monoisotopic (exact) mass is 325 g/mol. The quantitative estimate of drug-likeness (QED) is 0.665. The third-order valence-corrected chi connectivity index (χ3v) is 4.03. The largest absolute Gasteiger partial charge is 0.493 e. The fourth-order valence-corrected chi connectivity index (χ4v) is 2.83. The van der Waals surface area contributed by atoms with Gasteiger partial charge < -0.3 is 20.7 Å². The zero-order valence-corrected chi connectivity index (χ0v) is 14.1. The van der Waals surface area contributed by atoms with E-state index < -0.39 is 0 Å². The molecule has 0 amide bonds. The number of anilines is 1. The molecular formula is C18H23N5O. The first-order valence-electron chi connectivity index (χ1n) is 8.04. The molecule has 2 aromatic rings. The number of guanidine groups is 1. The number of nitrogens with one attached hydrogen (secondary N) is 1. The molecule has 24 heavy (non-hydrogen) atoms. The minimum Gasteiger partial charge on any atom is -0.493 e. The number of hydrogen-bond acceptors (Lipinski definition) is 4. The summed E-state index contributed by atoms with van der Waals surface area (Å²) in [7, 11) is 3.98. The van der Waals surface area contributed by atoms with Crippen molar-refractivity contribution in [3.8, 4) is 5.75 Å². The lowest BCUT2D eigenvalue weighted by molar-refractivity contribution is 0.262. The smallest absolute Gasteiger partial charge is 0.189 e. The zero-order chi connectivity index (χ0) is 16.9. The number of ether oxygens (including phenoxy) is 1. The lowest BCUT2D eigenvalue weighted by atomic mass is 10.0. The van der Waals surface area contributed by atoms with Gasteiger partial charge in [0.05, 0.1) is 30.6 Å². The van der Waals surface area contributed by atoms with Gasteiger partial charge in [-0.3, -0.25) is 4.98 Å². The van der Waals surface area contributed by atoms with E-state index in [1.54, 1.807) is 6.20 Å². The number of pyridine rings is 1. The van der Waals surface area contributed by atoms with Crippen molar-refractivity contribution in [3.63, 3.8) is 0 Å². The highest BCUT2D eigenvalue weighted by Gasteiger charge is 2.21. The molecule has 1 aliphatic heterocycles. The second kappa shape index (κ2) is 7.21. The maximum atomic E-state index is 6.09. The van der Waals surface area contributed by atoms with E-state index in [4.69, 9.17) is 10.5 Å². The second-order valence-corrected chi connectivity index (χ2v) is 5.94. The van der Waals surface area contributed by atoms with Gasteiger partial charge in [0, 0.05) is 32.3 Å². The first kappa shape index (κ1) is 16.1. The van der Waals surface area contributed by atoms with Gasteiger partial charge in [-0.05, 0) is 18.2 Å². The van der Waals surface area contributed by atoms with Gasteiger partial charge in [0.2, 0.25) is 0 Å². The number of aliphatic imine (C=N–C) groups is 1. The third kappa shape index (κ3) is 3.59. The molecule has 1 atom stereocenters. The molecule has 2 heterocycles. The molecule has 6 nitrogen and oxygen atoms in total. The van der Waals surface area contributed by atoms with Crippen molar-refractivity contribution in [3.05, 3.63) is 53.9 Å². The molecule has 3 rings (SSSR count). The van der Waals surface area contributed by atoms with Crippen LogP contribution < -0.4 is 20.7 Å². The summed E-state index contributed by atoms with van der Waals surface area (Å²) in [6.07, 6.45) is 2.63. The summed E-state index contributed by atoms with van der Waals surface area (Å²) >= 11 is 0. The normalized spacial score (nSPS) is 16.9. The fourth-order valence-electron chi connectivity index (χ4n) is 2.83. The standard InChI is InChI=1S/C18H23N5O/c1-23(2)16-7-5-10-20-15(16)12-21-18(19)22-14-9-11-24-17-8-4-3-6-13(14)17/h3-8,10,14H,9,11-12H2,1-2H3,(H3,19,21,22). The topological polar surface area (TPSA) is 75.8 Å². The molecule has 0 radical (unpaired) electrons. The number of nitrogens with two attached hydrogens (primary N) is 1. The van der Waals surface area contributed by atoms with E-state index in [-0.39, 0.29) is 6.04 Å². The molecule has 0 fully saturated rings. The van der Waals surface area contributed by atoms with Crippen molar-refractivity contribution in [2.45, 2.75) is 19.0 Å². The Morgan fingerprint density at radius 1 is 1.33 bits per heavy atom. The van der Waals surface area contributed by atoms with Crippen LogP contribution in [0.25, 0.3) is 0 Å². The minimum absolute atomic E-state index is 0.121. The summed E-state index contributed by atoms with van der Waals surface area (Å²) in [6, 6.07) is 12.1. The van der Waals surface area contributed by atoms with Gasteiger partial charge in [-0.1, -0.05) is 18.2 Å². The highest BCUT2D eigenvalue weighted by atomic mass is 16.5. The summed E-state index contributed by atoms with van der Waals surface area (Å²) in [5, 5.41) is 3.30. The third-order valence-electron chi connectivity index (χ3n) is 4.03. The van der Waals surface area contributed by atoms with Gasteiger partial charge >= 0.3 is 0 Å². The zero-order valence-electron chi connectivity index (χ0n) is 14.1. The van der Waals surface area contributed by atoms with Crippen LogP contribution in [0, 0.1) is 0 Å². The van der Waals surface area contributed by atoms with Gasteiger partial charge in [-0.25, -0.2) is 4.99 Å². The van der Waals surface area contributed by atoms with Crippen molar-refractivity contribution >= 4 is 11.6 Å². The predicted octanol–water partition coefficient (Wildman–Crippen LogP) is 2.08. The Morgan fingerprint density at radius 2 is 2.17 bits per heavy atom. The van der Waals surface area contributed by atoms with Gasteiger partial charge in [-0.2, -0.15) is 0 Å². The van der Waals surface area contributed by atoms with Gasteiger partial charge in [0.1, 0.15) is 5.75 Å². The van der Waals surface area contributed by atoms with Crippen molar-refractivity contribution in [1.29, 1.82) is 0 Å². The number of rotatable bonds is 4. The Balaban J connectivity index is 1.70. The molecule has 1 aromatic carbocycles. The molecular weight excluding hydrogens is 302 g/mol. The molecule has 0 aliphatic carbocycles. The van der Waals surface area contributed by atoms with Crippen LogP contribution in [0.3, 0.4) is 0 Å². The maximum Gasteiger partial charge on any atom is 0.189 e. The van der Waals surface area contributed by atoms with Gasteiger partial charge in [0.15, 0.2) is 5.96 Å². The van der Waals surface area contributed by atoms with Crippen molar-refractivity contribution in [2.75, 3.05) is 25.6 Å². The van der Waals surface area contributed by atoms with Crippen LogP contribution in [0.15, 0.2) is 47.6 Å². The van der Waals surface area contributed by atoms with E-state index >= 15 is 0 Å². The highest BCUT2D eigenvalue weighted by Crippen LogP contribution is 2.31. The summed E-state index contributed by atoms with van der Waals surface area (Å²) < 4.78 is 5.67. The van der Waals surface area contributed by atoms with Crippen LogP contribution in [0.4, 0.5) is 5.69 Å². The summed E-state index contributed by atoms with van der Waals surface area (Å²) in [6.45, 7) is 1.12. The average Bonchev–Trinajstić information content (AvgIpc) is 2.60. The molecule has 1 aromatic heterocycles. The second-order valence-electron chi connectivity index (χ2n) is 5.94. The molecule has 6 heteroatoms.